The van der Waals surface area contributed by atoms with Gasteiger partial charge < -0.3 is 9.67 Å². The van der Waals surface area contributed by atoms with Crippen molar-refractivity contribution in [2.75, 3.05) is 0 Å². The number of fused-ring (bicyclic) bond motifs is 1. The molecule has 0 saturated carbocycles. The van der Waals surface area contributed by atoms with E-state index in [2.05, 4.69) is 4.98 Å². The number of carboxylic acid groups (broad SMARTS) is 1. The van der Waals surface area contributed by atoms with Gasteiger partial charge in [0, 0.05) is 19.4 Å². The third-order valence-corrected chi connectivity index (χ3v) is 2.80. The van der Waals surface area contributed by atoms with Gasteiger partial charge in [-0.05, 0) is 23.6 Å². The number of hydrogen-bond donors (Lipinski definition) is 1. The summed E-state index contributed by atoms with van der Waals surface area (Å²) in [6.45, 7) is 1.90. The molecule has 0 radical (unpaired) electrons. The number of rotatable bonds is 3. The highest BCUT2D eigenvalue weighted by atomic mass is 16.4. The smallest absolute Gasteiger partial charge is 0.303 e. The summed E-state index contributed by atoms with van der Waals surface area (Å²) < 4.78 is 1.99. The van der Waals surface area contributed by atoms with Gasteiger partial charge in [-0.3, -0.25) is 9.78 Å². The monoisotopic (exact) mass is 218 g/mol. The lowest BCUT2D eigenvalue weighted by Crippen LogP contribution is -2.03. The fourth-order valence-electron chi connectivity index (χ4n) is 1.80. The first-order valence-electron chi connectivity index (χ1n) is 5.20. The molecular formula is C12H14N2O2. The van der Waals surface area contributed by atoms with E-state index in [0.717, 1.165) is 16.6 Å². The van der Waals surface area contributed by atoms with Crippen LogP contribution in [-0.2, 0) is 11.8 Å². The third-order valence-electron chi connectivity index (χ3n) is 2.80. The van der Waals surface area contributed by atoms with Gasteiger partial charge in [-0.25, -0.2) is 0 Å². The molecule has 1 atom stereocenters. The second-order valence-corrected chi connectivity index (χ2v) is 4.10. The van der Waals surface area contributed by atoms with Gasteiger partial charge in [0.15, 0.2) is 0 Å². The molecule has 0 amide bonds. The Balaban J connectivity index is 2.38. The molecule has 2 aromatic heterocycles. The highest BCUT2D eigenvalue weighted by Gasteiger charge is 2.11. The van der Waals surface area contributed by atoms with Crippen molar-refractivity contribution < 1.29 is 9.90 Å². The van der Waals surface area contributed by atoms with Gasteiger partial charge in [0.1, 0.15) is 0 Å². The van der Waals surface area contributed by atoms with E-state index in [1.54, 1.807) is 6.20 Å². The fourth-order valence-corrected chi connectivity index (χ4v) is 1.80. The number of pyridine rings is 1. The Morgan fingerprint density at radius 1 is 1.62 bits per heavy atom. The minimum atomic E-state index is -0.778. The minimum Gasteiger partial charge on any atom is -0.481 e. The highest BCUT2D eigenvalue weighted by molar-refractivity contribution is 5.76. The molecule has 0 aliphatic carbocycles. The maximum Gasteiger partial charge on any atom is 0.303 e. The Labute approximate surface area is 93.5 Å². The summed E-state index contributed by atoms with van der Waals surface area (Å²) in [6, 6.07) is 3.96. The van der Waals surface area contributed by atoms with Crippen molar-refractivity contribution in [1.29, 1.82) is 0 Å². The first kappa shape index (κ1) is 10.7. The third kappa shape index (κ3) is 1.91. The SMILES string of the molecule is CC(CC(=O)O)c1cnc2ccn(C)c2c1. The Hall–Kier alpha value is -1.84. The molecule has 2 aromatic rings. The van der Waals surface area contributed by atoms with Gasteiger partial charge in [0.25, 0.3) is 0 Å². The van der Waals surface area contributed by atoms with Crippen molar-refractivity contribution in [3.63, 3.8) is 0 Å². The van der Waals surface area contributed by atoms with Crippen molar-refractivity contribution in [3.05, 3.63) is 30.1 Å². The summed E-state index contributed by atoms with van der Waals surface area (Å²) in [4.78, 5) is 15.0. The van der Waals surface area contributed by atoms with Gasteiger partial charge in [0.05, 0.1) is 17.5 Å². The van der Waals surface area contributed by atoms with E-state index in [1.165, 1.54) is 0 Å². The average molecular weight is 218 g/mol. The lowest BCUT2D eigenvalue weighted by atomic mass is 9.99. The Morgan fingerprint density at radius 2 is 2.38 bits per heavy atom. The van der Waals surface area contributed by atoms with Crippen LogP contribution in [0.15, 0.2) is 24.5 Å². The minimum absolute atomic E-state index is 0.00991. The Morgan fingerprint density at radius 3 is 3.06 bits per heavy atom. The lowest BCUT2D eigenvalue weighted by Gasteiger charge is -2.09. The van der Waals surface area contributed by atoms with Gasteiger partial charge in [0.2, 0.25) is 0 Å². The van der Waals surface area contributed by atoms with Crippen LogP contribution in [0.4, 0.5) is 0 Å². The van der Waals surface area contributed by atoms with Crippen molar-refractivity contribution >= 4 is 17.0 Å². The topological polar surface area (TPSA) is 55.1 Å². The van der Waals surface area contributed by atoms with Gasteiger partial charge in [-0.2, -0.15) is 0 Å². The first-order chi connectivity index (χ1) is 7.58. The predicted molar refractivity (Wildman–Crippen MR) is 61.4 cm³/mol. The molecule has 0 fully saturated rings. The summed E-state index contributed by atoms with van der Waals surface area (Å²) in [5.41, 5.74) is 2.94. The van der Waals surface area contributed by atoms with E-state index in [9.17, 15) is 4.79 Å². The molecule has 0 aliphatic rings. The number of aromatic nitrogens is 2. The van der Waals surface area contributed by atoms with Crippen LogP contribution in [0.25, 0.3) is 11.0 Å². The maximum absolute atomic E-state index is 10.6. The molecule has 16 heavy (non-hydrogen) atoms. The zero-order valence-electron chi connectivity index (χ0n) is 9.34. The van der Waals surface area contributed by atoms with Crippen molar-refractivity contribution in [2.24, 2.45) is 7.05 Å². The molecule has 4 heteroatoms. The molecule has 84 valence electrons. The summed E-state index contributed by atoms with van der Waals surface area (Å²) in [5, 5.41) is 8.75. The molecule has 0 bridgehead atoms. The summed E-state index contributed by atoms with van der Waals surface area (Å²) in [7, 11) is 1.95. The maximum atomic E-state index is 10.6. The molecule has 0 spiro atoms. The van der Waals surface area contributed by atoms with Crippen LogP contribution in [0.3, 0.4) is 0 Å². The standard InChI is InChI=1S/C12H14N2O2/c1-8(5-12(15)16)9-6-11-10(13-7-9)3-4-14(11)2/h3-4,6-8H,5H2,1-2H3,(H,15,16). The van der Waals surface area contributed by atoms with Crippen LogP contribution in [0.5, 0.6) is 0 Å². The molecule has 2 rings (SSSR count). The van der Waals surface area contributed by atoms with Crippen molar-refractivity contribution in [3.8, 4) is 0 Å². The molecule has 0 aromatic carbocycles. The quantitative estimate of drug-likeness (QED) is 0.858. The lowest BCUT2D eigenvalue weighted by molar-refractivity contribution is -0.137. The van der Waals surface area contributed by atoms with Crippen LogP contribution in [-0.4, -0.2) is 20.6 Å². The van der Waals surface area contributed by atoms with Crippen LogP contribution < -0.4 is 0 Å². The molecule has 0 aliphatic heterocycles. The first-order valence-corrected chi connectivity index (χ1v) is 5.20. The van der Waals surface area contributed by atoms with E-state index in [4.69, 9.17) is 5.11 Å². The highest BCUT2D eigenvalue weighted by Crippen LogP contribution is 2.22. The van der Waals surface area contributed by atoms with Crippen LogP contribution in [0.1, 0.15) is 24.8 Å². The van der Waals surface area contributed by atoms with Crippen LogP contribution >= 0.6 is 0 Å². The molecule has 2 heterocycles. The van der Waals surface area contributed by atoms with Crippen molar-refractivity contribution in [2.45, 2.75) is 19.3 Å². The number of carboxylic acids is 1. The normalized spacial score (nSPS) is 12.9. The van der Waals surface area contributed by atoms with E-state index < -0.39 is 5.97 Å². The van der Waals surface area contributed by atoms with E-state index in [0.29, 0.717) is 0 Å². The van der Waals surface area contributed by atoms with E-state index >= 15 is 0 Å². The number of aryl methyl sites for hydroxylation is 1. The van der Waals surface area contributed by atoms with E-state index in [-0.39, 0.29) is 12.3 Å². The largest absolute Gasteiger partial charge is 0.481 e. The second-order valence-electron chi connectivity index (χ2n) is 4.10. The summed E-state index contributed by atoms with van der Waals surface area (Å²) >= 11 is 0. The molecule has 1 N–H and O–H groups in total. The zero-order chi connectivity index (χ0) is 11.7. The summed E-state index contributed by atoms with van der Waals surface area (Å²) in [5.74, 6) is -0.788. The molecule has 0 saturated heterocycles. The second kappa shape index (κ2) is 3.96. The number of hydrogen-bond acceptors (Lipinski definition) is 2. The van der Waals surface area contributed by atoms with Crippen LogP contribution in [0, 0.1) is 0 Å². The van der Waals surface area contributed by atoms with Gasteiger partial charge in [-0.1, -0.05) is 6.92 Å². The number of aliphatic carboxylic acids is 1. The predicted octanol–water partition coefficient (Wildman–Crippen LogP) is 2.15. The van der Waals surface area contributed by atoms with E-state index in [1.807, 2.05) is 36.9 Å². The van der Waals surface area contributed by atoms with Gasteiger partial charge >= 0.3 is 5.97 Å². The number of nitrogens with zero attached hydrogens (tertiary/aromatic N) is 2. The summed E-state index contributed by atoms with van der Waals surface area (Å²) in [6.07, 6.45) is 3.84. The molecule has 1 unspecified atom stereocenters. The molecular weight excluding hydrogens is 204 g/mol. The zero-order valence-corrected chi connectivity index (χ0v) is 9.34. The Kier molecular flexibility index (Phi) is 2.64. The van der Waals surface area contributed by atoms with Crippen LogP contribution in [0.2, 0.25) is 0 Å². The fraction of sp³-hybridized carbons (Fsp3) is 0.333. The van der Waals surface area contributed by atoms with Crippen molar-refractivity contribution in [1.82, 2.24) is 9.55 Å². The Bertz CT molecular complexity index is 531. The van der Waals surface area contributed by atoms with Gasteiger partial charge in [-0.15, -0.1) is 0 Å². The average Bonchev–Trinajstić information content (AvgIpc) is 2.59. The molecule has 4 nitrogen and oxygen atoms in total. The number of carbonyl (C=O) groups is 1.